The molecule has 0 aromatic heterocycles. The summed E-state index contributed by atoms with van der Waals surface area (Å²) in [5.41, 5.74) is 0. The number of aliphatic hydroxyl groups excluding tert-OH is 1. The number of hydrogen-bond acceptors (Lipinski definition) is 5. The molecule has 0 aliphatic heterocycles. The van der Waals surface area contributed by atoms with Gasteiger partial charge in [0.1, 0.15) is 0 Å². The van der Waals surface area contributed by atoms with E-state index in [0.717, 1.165) is 6.42 Å². The van der Waals surface area contributed by atoms with Crippen molar-refractivity contribution in [3.05, 3.63) is 0 Å². The Morgan fingerprint density at radius 2 is 1.27 bits per heavy atom. The van der Waals surface area contributed by atoms with Crippen molar-refractivity contribution in [2.45, 2.75) is 82.8 Å². The molecule has 0 rings (SSSR count). The van der Waals surface area contributed by atoms with Crippen LogP contribution in [0.2, 0.25) is 0 Å². The minimum atomic E-state index is -4.84. The molecular formula is C16H33NaO8S. The van der Waals surface area contributed by atoms with E-state index in [2.05, 4.69) is 6.92 Å². The molecule has 1 unspecified atom stereocenters. The van der Waals surface area contributed by atoms with E-state index in [1.807, 2.05) is 0 Å². The van der Waals surface area contributed by atoms with E-state index in [0.29, 0.717) is 6.61 Å². The first kappa shape index (κ1) is 30.5. The van der Waals surface area contributed by atoms with Crippen LogP contribution in [0.3, 0.4) is 0 Å². The Kier molecular flexibility index (Phi) is 23.0. The molecule has 0 aliphatic carbocycles. The zero-order valence-corrected chi connectivity index (χ0v) is 18.7. The summed E-state index contributed by atoms with van der Waals surface area (Å²) in [5, 5.41) is 22.5. The molecule has 0 bridgehead atoms. The normalized spacial score (nSPS) is 11.7. The third kappa shape index (κ3) is 21.9. The largest absolute Gasteiger partial charge is 1.00 e. The van der Waals surface area contributed by atoms with E-state index < -0.39 is 33.7 Å². The van der Waals surface area contributed by atoms with Crippen LogP contribution in [0.5, 0.6) is 0 Å². The Balaban J connectivity index is -0.000000183. The number of carbonyl (C=O) groups is 2. The summed E-state index contributed by atoms with van der Waals surface area (Å²) < 4.78 is 28.7. The van der Waals surface area contributed by atoms with Gasteiger partial charge in [0.15, 0.2) is 5.25 Å². The molecule has 10 heteroatoms. The van der Waals surface area contributed by atoms with Gasteiger partial charge in [0.2, 0.25) is 0 Å². The third-order valence-corrected chi connectivity index (χ3v) is 4.59. The van der Waals surface area contributed by atoms with Crippen LogP contribution in [0, 0.1) is 0 Å². The van der Waals surface area contributed by atoms with Crippen molar-refractivity contribution in [3.8, 4) is 0 Å². The summed E-state index contributed by atoms with van der Waals surface area (Å²) in [6.07, 6.45) is 12.1. The van der Waals surface area contributed by atoms with Gasteiger partial charge < -0.3 is 16.7 Å². The van der Waals surface area contributed by atoms with Gasteiger partial charge in [-0.05, 0) is 6.42 Å². The summed E-state index contributed by atoms with van der Waals surface area (Å²) in [6, 6.07) is 0. The van der Waals surface area contributed by atoms with E-state index in [1.54, 1.807) is 0 Å². The Morgan fingerprint density at radius 3 is 1.50 bits per heavy atom. The van der Waals surface area contributed by atoms with Gasteiger partial charge in [0, 0.05) is 6.61 Å². The van der Waals surface area contributed by atoms with Crippen LogP contribution in [0.25, 0.3) is 0 Å². The van der Waals surface area contributed by atoms with E-state index in [9.17, 15) is 18.0 Å². The van der Waals surface area contributed by atoms with E-state index >= 15 is 0 Å². The second kappa shape index (κ2) is 19.6. The van der Waals surface area contributed by atoms with Crippen molar-refractivity contribution < 1.29 is 68.9 Å². The van der Waals surface area contributed by atoms with Crippen LogP contribution in [0.15, 0.2) is 0 Å². The number of unbranched alkanes of at least 4 members (excludes halogenated alkanes) is 9. The van der Waals surface area contributed by atoms with Crippen molar-refractivity contribution in [3.63, 3.8) is 0 Å². The number of carboxylic acid groups (broad SMARTS) is 2. The molecule has 0 fully saturated rings. The van der Waals surface area contributed by atoms with Crippen LogP contribution >= 0.6 is 0 Å². The topological polar surface area (TPSA) is 149 Å². The smallest absolute Gasteiger partial charge is 1.00 e. The van der Waals surface area contributed by atoms with Gasteiger partial charge in [0.05, 0.1) is 6.42 Å². The average molecular weight is 408 g/mol. The SMILES string of the molecule is CCCCCCCCCCCCO.O=C(O)CC(C(=O)O)S(=O)(=O)O.[H-].[Na+]. The van der Waals surface area contributed by atoms with Gasteiger partial charge in [-0.2, -0.15) is 8.42 Å². The fourth-order valence-corrected chi connectivity index (χ4v) is 2.69. The molecule has 0 aromatic rings. The first-order valence-electron chi connectivity index (χ1n) is 8.68. The first-order chi connectivity index (χ1) is 11.7. The number of aliphatic hydroxyl groups is 1. The fraction of sp³-hybridized carbons (Fsp3) is 0.875. The summed E-state index contributed by atoms with van der Waals surface area (Å²) in [6.45, 7) is 2.63. The zero-order chi connectivity index (χ0) is 19.7. The molecule has 0 aliphatic rings. The molecule has 0 saturated carbocycles. The molecule has 1 atom stereocenters. The van der Waals surface area contributed by atoms with Gasteiger partial charge in [-0.1, -0.05) is 64.7 Å². The molecule has 152 valence electrons. The third-order valence-electron chi connectivity index (χ3n) is 3.51. The predicted molar refractivity (Wildman–Crippen MR) is 95.3 cm³/mol. The Morgan fingerprint density at radius 1 is 0.885 bits per heavy atom. The van der Waals surface area contributed by atoms with Gasteiger partial charge in [0.25, 0.3) is 10.1 Å². The Hall–Kier alpha value is -0.190. The van der Waals surface area contributed by atoms with E-state index in [1.165, 1.54) is 57.8 Å². The monoisotopic (exact) mass is 408 g/mol. The van der Waals surface area contributed by atoms with Gasteiger partial charge >= 0.3 is 41.5 Å². The van der Waals surface area contributed by atoms with Crippen molar-refractivity contribution in [2.24, 2.45) is 0 Å². The summed E-state index contributed by atoms with van der Waals surface area (Å²) >= 11 is 0. The molecule has 8 nitrogen and oxygen atoms in total. The molecular weight excluding hydrogens is 375 g/mol. The maximum atomic E-state index is 10.2. The molecule has 0 heterocycles. The molecule has 4 N–H and O–H groups in total. The van der Waals surface area contributed by atoms with Gasteiger partial charge in [-0.3, -0.25) is 14.1 Å². The Bertz CT molecular complexity index is 449. The molecule has 0 radical (unpaired) electrons. The molecule has 26 heavy (non-hydrogen) atoms. The van der Waals surface area contributed by atoms with Crippen LogP contribution in [-0.2, 0) is 19.7 Å². The summed E-state index contributed by atoms with van der Waals surface area (Å²) in [7, 11) is -4.84. The zero-order valence-electron chi connectivity index (χ0n) is 16.9. The van der Waals surface area contributed by atoms with Crippen molar-refractivity contribution in [1.82, 2.24) is 0 Å². The second-order valence-corrected chi connectivity index (χ2v) is 7.44. The maximum Gasteiger partial charge on any atom is 1.00 e. The van der Waals surface area contributed by atoms with Crippen molar-refractivity contribution in [1.29, 1.82) is 0 Å². The molecule has 0 spiro atoms. The number of hydrogen-bond donors (Lipinski definition) is 4. The number of carboxylic acids is 2. The molecule has 0 aromatic carbocycles. The average Bonchev–Trinajstić information content (AvgIpc) is 2.50. The quantitative estimate of drug-likeness (QED) is 0.176. The fourth-order valence-electron chi connectivity index (χ4n) is 2.08. The van der Waals surface area contributed by atoms with Crippen LogP contribution < -0.4 is 29.6 Å². The van der Waals surface area contributed by atoms with E-state index in [4.69, 9.17) is 19.9 Å². The maximum absolute atomic E-state index is 10.2. The van der Waals surface area contributed by atoms with Gasteiger partial charge in [-0.15, -0.1) is 0 Å². The predicted octanol–water partition coefficient (Wildman–Crippen LogP) is -0.182. The number of rotatable bonds is 14. The van der Waals surface area contributed by atoms with Crippen LogP contribution in [0.1, 0.15) is 79.0 Å². The number of aliphatic carboxylic acids is 2. The van der Waals surface area contributed by atoms with Crippen molar-refractivity contribution in [2.75, 3.05) is 6.61 Å². The summed E-state index contributed by atoms with van der Waals surface area (Å²) in [5.74, 6) is -3.50. The Labute approximate surface area is 179 Å². The minimum absolute atomic E-state index is 0. The second-order valence-electron chi connectivity index (χ2n) is 5.85. The minimum Gasteiger partial charge on any atom is -1.00 e. The first-order valence-corrected chi connectivity index (χ1v) is 10.2. The van der Waals surface area contributed by atoms with E-state index in [-0.39, 0.29) is 31.0 Å². The molecule has 0 amide bonds. The summed E-state index contributed by atoms with van der Waals surface area (Å²) in [4.78, 5) is 20.0. The molecule has 0 saturated heterocycles. The standard InChI is InChI=1S/C12H26O.C4H6O7S.Na.H/c1-2-3-4-5-6-7-8-9-10-11-12-13;5-3(6)1-2(4(7)8)12(9,10)11;;/h13H,2-12H2,1H3;2H,1H2,(H,5,6)(H,7,8)(H,9,10,11);;/q;;+1;-1. The van der Waals surface area contributed by atoms with Crippen molar-refractivity contribution >= 4 is 22.1 Å². The van der Waals surface area contributed by atoms with Crippen LogP contribution in [0.4, 0.5) is 0 Å². The van der Waals surface area contributed by atoms with Crippen LogP contribution in [-0.4, -0.2) is 52.1 Å². The van der Waals surface area contributed by atoms with Gasteiger partial charge in [-0.25, -0.2) is 0 Å².